The third-order valence-corrected chi connectivity index (χ3v) is 3.99. The third-order valence-electron chi connectivity index (χ3n) is 3.99. The molecule has 0 aromatic carbocycles. The second kappa shape index (κ2) is 12.0. The van der Waals surface area contributed by atoms with Crippen LogP contribution in [0.4, 0.5) is 4.79 Å². The van der Waals surface area contributed by atoms with Gasteiger partial charge in [0.25, 0.3) is 0 Å². The lowest BCUT2D eigenvalue weighted by Crippen LogP contribution is -2.38. The lowest BCUT2D eigenvalue weighted by atomic mass is 9.95. The number of hydrogen-bond donors (Lipinski definition) is 3. The summed E-state index contributed by atoms with van der Waals surface area (Å²) in [6, 6.07) is 0.704. The van der Waals surface area contributed by atoms with Crippen LogP contribution in [0.3, 0.4) is 0 Å². The summed E-state index contributed by atoms with van der Waals surface area (Å²) in [4.78, 5) is 11.5. The van der Waals surface area contributed by atoms with E-state index in [1.165, 1.54) is 51.4 Å². The second-order valence-corrected chi connectivity index (χ2v) is 5.89. The monoisotopic (exact) mass is 283 g/mol. The molecule has 1 saturated carbocycles. The van der Waals surface area contributed by atoms with E-state index in [1.54, 1.807) is 0 Å². The van der Waals surface area contributed by atoms with Gasteiger partial charge in [0.15, 0.2) is 0 Å². The summed E-state index contributed by atoms with van der Waals surface area (Å²) in [5, 5.41) is 9.42. The molecule has 0 aliphatic heterocycles. The van der Waals surface area contributed by atoms with Gasteiger partial charge < -0.3 is 16.0 Å². The van der Waals surface area contributed by atoms with E-state index in [1.807, 2.05) is 0 Å². The van der Waals surface area contributed by atoms with Crippen molar-refractivity contribution in [1.82, 2.24) is 16.0 Å². The van der Waals surface area contributed by atoms with Crippen LogP contribution < -0.4 is 16.0 Å². The van der Waals surface area contributed by atoms with Crippen molar-refractivity contribution in [2.24, 2.45) is 0 Å². The molecule has 0 atom stereocenters. The fourth-order valence-corrected chi connectivity index (χ4v) is 2.72. The minimum atomic E-state index is -0.0147. The highest BCUT2D eigenvalue weighted by atomic mass is 16.2. The van der Waals surface area contributed by atoms with Crippen LogP contribution in [0.2, 0.25) is 0 Å². The van der Waals surface area contributed by atoms with E-state index >= 15 is 0 Å². The molecule has 20 heavy (non-hydrogen) atoms. The molecule has 4 heteroatoms. The van der Waals surface area contributed by atoms with Crippen LogP contribution in [-0.2, 0) is 0 Å². The number of unbranched alkanes of at least 4 members (excludes halogenated alkanes) is 3. The fraction of sp³-hybridized carbons (Fsp3) is 0.938. The first-order chi connectivity index (χ1) is 9.83. The quantitative estimate of drug-likeness (QED) is 0.539. The van der Waals surface area contributed by atoms with E-state index in [0.29, 0.717) is 0 Å². The lowest BCUT2D eigenvalue weighted by molar-refractivity contribution is 0.240. The average Bonchev–Trinajstić information content (AvgIpc) is 2.48. The van der Waals surface area contributed by atoms with E-state index < -0.39 is 0 Å². The fourth-order valence-electron chi connectivity index (χ4n) is 2.72. The van der Waals surface area contributed by atoms with Gasteiger partial charge in [-0.2, -0.15) is 0 Å². The van der Waals surface area contributed by atoms with Gasteiger partial charge in [0.1, 0.15) is 0 Å². The van der Waals surface area contributed by atoms with Gasteiger partial charge in [-0.25, -0.2) is 4.79 Å². The van der Waals surface area contributed by atoms with Crippen LogP contribution in [0.25, 0.3) is 0 Å². The van der Waals surface area contributed by atoms with Crippen LogP contribution in [0.5, 0.6) is 0 Å². The van der Waals surface area contributed by atoms with Crippen molar-refractivity contribution in [3.63, 3.8) is 0 Å². The number of urea groups is 1. The molecular weight excluding hydrogens is 250 g/mol. The van der Waals surface area contributed by atoms with Crippen molar-refractivity contribution in [1.29, 1.82) is 0 Å². The van der Waals surface area contributed by atoms with Crippen LogP contribution in [-0.4, -0.2) is 31.7 Å². The SMILES string of the molecule is CCCCCCNC(=O)NCCCNC1CCCCC1. The van der Waals surface area contributed by atoms with Gasteiger partial charge in [-0.15, -0.1) is 0 Å². The van der Waals surface area contributed by atoms with Gasteiger partial charge in [0.2, 0.25) is 0 Å². The van der Waals surface area contributed by atoms with Gasteiger partial charge in [0, 0.05) is 19.1 Å². The van der Waals surface area contributed by atoms with E-state index in [2.05, 4.69) is 22.9 Å². The molecule has 118 valence electrons. The minimum absolute atomic E-state index is 0.0147. The molecule has 4 nitrogen and oxygen atoms in total. The van der Waals surface area contributed by atoms with E-state index in [9.17, 15) is 4.79 Å². The van der Waals surface area contributed by atoms with Crippen molar-refractivity contribution in [2.75, 3.05) is 19.6 Å². The summed E-state index contributed by atoms with van der Waals surface area (Å²) in [7, 11) is 0. The zero-order valence-corrected chi connectivity index (χ0v) is 13.2. The summed E-state index contributed by atoms with van der Waals surface area (Å²) in [5.74, 6) is 0. The maximum atomic E-state index is 11.5. The Kier molecular flexibility index (Phi) is 10.4. The molecule has 0 bridgehead atoms. The van der Waals surface area contributed by atoms with E-state index in [4.69, 9.17) is 0 Å². The highest BCUT2D eigenvalue weighted by Crippen LogP contribution is 2.16. The lowest BCUT2D eigenvalue weighted by Gasteiger charge is -2.22. The molecule has 2 amide bonds. The van der Waals surface area contributed by atoms with E-state index in [0.717, 1.165) is 38.5 Å². The molecule has 0 unspecified atom stereocenters. The first-order valence-corrected chi connectivity index (χ1v) is 8.58. The maximum Gasteiger partial charge on any atom is 0.314 e. The minimum Gasteiger partial charge on any atom is -0.338 e. The van der Waals surface area contributed by atoms with Crippen molar-refractivity contribution in [3.8, 4) is 0 Å². The van der Waals surface area contributed by atoms with Gasteiger partial charge >= 0.3 is 6.03 Å². The van der Waals surface area contributed by atoms with Crippen molar-refractivity contribution >= 4 is 6.03 Å². The standard InChI is InChI=1S/C16H33N3O/c1-2-3-4-8-12-18-16(20)19-14-9-13-17-15-10-6-5-7-11-15/h15,17H,2-14H2,1H3,(H2,18,19,20). The number of carbonyl (C=O) groups excluding carboxylic acids is 1. The Bertz CT molecular complexity index is 240. The van der Waals surface area contributed by atoms with Crippen LogP contribution in [0.1, 0.15) is 71.1 Å². The Morgan fingerprint density at radius 3 is 2.30 bits per heavy atom. The first kappa shape index (κ1) is 17.3. The number of nitrogens with one attached hydrogen (secondary N) is 3. The summed E-state index contributed by atoms with van der Waals surface area (Å²) < 4.78 is 0. The molecule has 0 aromatic heterocycles. The van der Waals surface area contributed by atoms with Crippen LogP contribution >= 0.6 is 0 Å². The summed E-state index contributed by atoms with van der Waals surface area (Å²) in [6.45, 7) is 4.77. The molecule has 1 rings (SSSR count). The summed E-state index contributed by atoms with van der Waals surface area (Å²) in [6.07, 6.45) is 12.6. The Labute approximate surface area is 124 Å². The molecule has 0 heterocycles. The number of hydrogen-bond acceptors (Lipinski definition) is 2. The highest BCUT2D eigenvalue weighted by molar-refractivity contribution is 5.73. The number of rotatable bonds is 10. The van der Waals surface area contributed by atoms with Crippen LogP contribution in [0, 0.1) is 0 Å². The smallest absolute Gasteiger partial charge is 0.314 e. The average molecular weight is 283 g/mol. The molecule has 0 saturated heterocycles. The van der Waals surface area contributed by atoms with Crippen molar-refractivity contribution < 1.29 is 4.79 Å². The molecule has 0 radical (unpaired) electrons. The van der Waals surface area contributed by atoms with Crippen molar-refractivity contribution in [3.05, 3.63) is 0 Å². The molecule has 1 fully saturated rings. The Balaban J connectivity index is 1.83. The van der Waals surface area contributed by atoms with Gasteiger partial charge in [-0.05, 0) is 32.2 Å². The van der Waals surface area contributed by atoms with Gasteiger partial charge in [0.05, 0.1) is 0 Å². The molecule has 0 aromatic rings. The highest BCUT2D eigenvalue weighted by Gasteiger charge is 2.11. The molecule has 1 aliphatic rings. The van der Waals surface area contributed by atoms with Crippen LogP contribution in [0.15, 0.2) is 0 Å². The predicted octanol–water partition coefficient (Wildman–Crippen LogP) is 3.18. The Hall–Kier alpha value is -0.770. The first-order valence-electron chi connectivity index (χ1n) is 8.58. The zero-order valence-electron chi connectivity index (χ0n) is 13.2. The van der Waals surface area contributed by atoms with Gasteiger partial charge in [-0.1, -0.05) is 45.4 Å². The summed E-state index contributed by atoms with van der Waals surface area (Å²) >= 11 is 0. The maximum absolute atomic E-state index is 11.5. The number of carbonyl (C=O) groups is 1. The summed E-state index contributed by atoms with van der Waals surface area (Å²) in [5.41, 5.74) is 0. The molecule has 0 spiro atoms. The number of amides is 2. The largest absolute Gasteiger partial charge is 0.338 e. The topological polar surface area (TPSA) is 53.2 Å². The van der Waals surface area contributed by atoms with Crippen molar-refractivity contribution in [2.45, 2.75) is 77.2 Å². The zero-order chi connectivity index (χ0) is 14.5. The molecular formula is C16H33N3O. The Morgan fingerprint density at radius 1 is 0.900 bits per heavy atom. The molecule has 3 N–H and O–H groups in total. The van der Waals surface area contributed by atoms with E-state index in [-0.39, 0.29) is 6.03 Å². The Morgan fingerprint density at radius 2 is 1.60 bits per heavy atom. The normalized spacial score (nSPS) is 16.1. The van der Waals surface area contributed by atoms with Gasteiger partial charge in [-0.3, -0.25) is 0 Å². The predicted molar refractivity (Wildman–Crippen MR) is 85.0 cm³/mol. The molecule has 1 aliphatic carbocycles. The second-order valence-electron chi connectivity index (χ2n) is 5.89. The third kappa shape index (κ3) is 9.18.